The van der Waals surface area contributed by atoms with E-state index >= 15 is 0 Å². The van der Waals surface area contributed by atoms with Gasteiger partial charge in [-0.2, -0.15) is 0 Å². The molecule has 0 radical (unpaired) electrons. The average molecular weight is 329 g/mol. The summed E-state index contributed by atoms with van der Waals surface area (Å²) in [7, 11) is 0. The van der Waals surface area contributed by atoms with Crippen LogP contribution in [0.2, 0.25) is 0 Å². The number of rotatable bonds is 1. The molecule has 0 bridgehead atoms. The van der Waals surface area contributed by atoms with E-state index in [1.54, 1.807) is 11.1 Å². The first-order valence-electron chi connectivity index (χ1n) is 8.21. The lowest BCUT2D eigenvalue weighted by molar-refractivity contribution is -0.137. The molecule has 1 aromatic heterocycles. The summed E-state index contributed by atoms with van der Waals surface area (Å²) in [6, 6.07) is 2.81. The van der Waals surface area contributed by atoms with Crippen molar-refractivity contribution in [2.24, 2.45) is 0 Å². The molecule has 0 aliphatic carbocycles. The molecule has 4 rings (SSSR count). The van der Waals surface area contributed by atoms with Crippen molar-refractivity contribution in [3.63, 3.8) is 0 Å². The SMILES string of the molecule is O=C1C[C@@H](C(=O)N2Cc3ncccc3N3CCC[C@H]3C2)NC(=O)N1. The van der Waals surface area contributed by atoms with Crippen LogP contribution in [0.4, 0.5) is 10.5 Å². The Labute approximate surface area is 139 Å². The third kappa shape index (κ3) is 2.57. The van der Waals surface area contributed by atoms with Crippen molar-refractivity contribution >= 4 is 23.5 Å². The molecule has 2 atom stereocenters. The molecular weight excluding hydrogens is 310 g/mol. The van der Waals surface area contributed by atoms with Gasteiger partial charge in [0.05, 0.1) is 24.3 Å². The Balaban J connectivity index is 1.61. The van der Waals surface area contributed by atoms with Gasteiger partial charge in [-0.25, -0.2) is 4.79 Å². The normalized spacial score (nSPS) is 26.2. The van der Waals surface area contributed by atoms with E-state index < -0.39 is 18.0 Å². The largest absolute Gasteiger partial charge is 0.365 e. The molecule has 0 spiro atoms. The van der Waals surface area contributed by atoms with Gasteiger partial charge in [-0.15, -0.1) is 0 Å². The summed E-state index contributed by atoms with van der Waals surface area (Å²) in [6.45, 7) is 1.95. The smallest absolute Gasteiger partial charge is 0.322 e. The van der Waals surface area contributed by atoms with Crippen molar-refractivity contribution < 1.29 is 14.4 Å². The first-order chi connectivity index (χ1) is 11.6. The molecule has 0 saturated carbocycles. The van der Waals surface area contributed by atoms with Crippen LogP contribution in [-0.2, 0) is 16.1 Å². The molecule has 3 aliphatic rings. The van der Waals surface area contributed by atoms with E-state index in [0.29, 0.717) is 13.1 Å². The quantitative estimate of drug-likeness (QED) is 0.756. The van der Waals surface area contributed by atoms with E-state index in [2.05, 4.69) is 20.5 Å². The van der Waals surface area contributed by atoms with Gasteiger partial charge in [0.2, 0.25) is 11.8 Å². The molecule has 3 aliphatic heterocycles. The summed E-state index contributed by atoms with van der Waals surface area (Å²) in [4.78, 5) is 44.4. The second kappa shape index (κ2) is 5.77. The van der Waals surface area contributed by atoms with Crippen molar-refractivity contribution in [2.45, 2.75) is 37.9 Å². The number of carbonyl (C=O) groups is 3. The maximum atomic E-state index is 12.9. The standard InChI is InChI=1S/C16H19N5O3/c22-14-7-11(18-16(24)19-14)15(23)20-8-10-3-2-6-21(10)13-4-1-5-17-12(13)9-20/h1,4-5,10-11H,2-3,6-9H2,(H2,18,19,22,24)/t10-,11-/m0/s1. The van der Waals surface area contributed by atoms with Crippen LogP contribution in [0.5, 0.6) is 0 Å². The molecular formula is C16H19N5O3. The summed E-state index contributed by atoms with van der Waals surface area (Å²) >= 11 is 0. The minimum atomic E-state index is -0.800. The number of pyridine rings is 1. The van der Waals surface area contributed by atoms with E-state index in [9.17, 15) is 14.4 Å². The molecule has 24 heavy (non-hydrogen) atoms. The number of fused-ring (bicyclic) bond motifs is 3. The number of anilines is 1. The van der Waals surface area contributed by atoms with Crippen LogP contribution < -0.4 is 15.5 Å². The molecule has 126 valence electrons. The molecule has 8 heteroatoms. The van der Waals surface area contributed by atoms with Gasteiger partial charge < -0.3 is 15.1 Å². The van der Waals surface area contributed by atoms with Crippen molar-refractivity contribution in [3.8, 4) is 0 Å². The topological polar surface area (TPSA) is 94.6 Å². The fraction of sp³-hybridized carbons (Fsp3) is 0.500. The van der Waals surface area contributed by atoms with Crippen LogP contribution in [0.3, 0.4) is 0 Å². The van der Waals surface area contributed by atoms with Gasteiger partial charge in [0.15, 0.2) is 0 Å². The second-order valence-electron chi connectivity index (χ2n) is 6.46. The zero-order valence-corrected chi connectivity index (χ0v) is 13.2. The van der Waals surface area contributed by atoms with Gasteiger partial charge >= 0.3 is 6.03 Å². The monoisotopic (exact) mass is 329 g/mol. The number of hydrogen-bond acceptors (Lipinski definition) is 5. The summed E-state index contributed by atoms with van der Waals surface area (Å²) in [5.41, 5.74) is 1.95. The zero-order valence-electron chi connectivity index (χ0n) is 13.2. The molecule has 0 unspecified atom stereocenters. The third-order valence-corrected chi connectivity index (χ3v) is 4.88. The lowest BCUT2D eigenvalue weighted by atomic mass is 10.1. The predicted octanol–water partition coefficient (Wildman–Crippen LogP) is -0.00930. The number of amides is 4. The van der Waals surface area contributed by atoms with Crippen LogP contribution in [-0.4, -0.2) is 52.9 Å². The van der Waals surface area contributed by atoms with Gasteiger partial charge in [-0.05, 0) is 25.0 Å². The molecule has 4 heterocycles. The molecule has 2 saturated heterocycles. The maximum absolute atomic E-state index is 12.9. The average Bonchev–Trinajstić information content (AvgIpc) is 2.95. The van der Waals surface area contributed by atoms with Crippen LogP contribution in [0.25, 0.3) is 0 Å². The number of urea groups is 1. The van der Waals surface area contributed by atoms with Gasteiger partial charge in [-0.3, -0.25) is 19.9 Å². The Bertz CT molecular complexity index is 691. The van der Waals surface area contributed by atoms with Crippen molar-refractivity contribution in [1.82, 2.24) is 20.5 Å². The Morgan fingerprint density at radius 3 is 3.04 bits per heavy atom. The Hall–Kier alpha value is -2.64. The predicted molar refractivity (Wildman–Crippen MR) is 85.1 cm³/mol. The van der Waals surface area contributed by atoms with Crippen molar-refractivity contribution in [3.05, 3.63) is 24.0 Å². The molecule has 8 nitrogen and oxygen atoms in total. The maximum Gasteiger partial charge on any atom is 0.322 e. The number of hydrogen-bond donors (Lipinski definition) is 2. The highest BCUT2D eigenvalue weighted by Crippen LogP contribution is 2.32. The molecule has 2 N–H and O–H groups in total. The van der Waals surface area contributed by atoms with E-state index in [-0.39, 0.29) is 18.4 Å². The fourth-order valence-corrected chi connectivity index (χ4v) is 3.80. The van der Waals surface area contributed by atoms with Crippen molar-refractivity contribution in [1.29, 1.82) is 0 Å². The van der Waals surface area contributed by atoms with Crippen LogP contribution in [0.1, 0.15) is 25.0 Å². The molecule has 4 amide bonds. The van der Waals surface area contributed by atoms with Crippen LogP contribution in [0.15, 0.2) is 18.3 Å². The van der Waals surface area contributed by atoms with E-state index in [1.165, 1.54) is 0 Å². The zero-order chi connectivity index (χ0) is 16.7. The highest BCUT2D eigenvalue weighted by molar-refractivity contribution is 6.02. The van der Waals surface area contributed by atoms with E-state index in [1.807, 2.05) is 12.1 Å². The second-order valence-corrected chi connectivity index (χ2v) is 6.46. The number of nitrogens with zero attached hydrogens (tertiary/aromatic N) is 3. The first-order valence-corrected chi connectivity index (χ1v) is 8.21. The summed E-state index contributed by atoms with van der Waals surface area (Å²) in [5, 5.41) is 4.70. The van der Waals surface area contributed by atoms with E-state index in [0.717, 1.165) is 30.8 Å². The molecule has 1 aromatic rings. The Kier molecular flexibility index (Phi) is 3.59. The van der Waals surface area contributed by atoms with Gasteiger partial charge in [0.25, 0.3) is 0 Å². The van der Waals surface area contributed by atoms with Crippen LogP contribution >= 0.6 is 0 Å². The third-order valence-electron chi connectivity index (χ3n) is 4.88. The van der Waals surface area contributed by atoms with Gasteiger partial charge in [0.1, 0.15) is 6.04 Å². The summed E-state index contributed by atoms with van der Waals surface area (Å²) < 4.78 is 0. The minimum absolute atomic E-state index is 0.0233. The minimum Gasteiger partial charge on any atom is -0.365 e. The fourth-order valence-electron chi connectivity index (χ4n) is 3.80. The first kappa shape index (κ1) is 14.9. The van der Waals surface area contributed by atoms with Crippen molar-refractivity contribution in [2.75, 3.05) is 18.0 Å². The summed E-state index contributed by atoms with van der Waals surface area (Å²) in [6.07, 6.45) is 3.82. The summed E-state index contributed by atoms with van der Waals surface area (Å²) in [5.74, 6) is -0.642. The highest BCUT2D eigenvalue weighted by Gasteiger charge is 2.37. The van der Waals surface area contributed by atoms with Crippen LogP contribution in [0, 0.1) is 0 Å². The number of nitrogens with one attached hydrogen (secondary N) is 2. The van der Waals surface area contributed by atoms with Gasteiger partial charge in [0, 0.05) is 25.3 Å². The lowest BCUT2D eigenvalue weighted by Gasteiger charge is -2.31. The number of carbonyl (C=O) groups excluding carboxylic acids is 3. The number of aromatic nitrogens is 1. The number of imide groups is 1. The Morgan fingerprint density at radius 1 is 1.33 bits per heavy atom. The lowest BCUT2D eigenvalue weighted by Crippen LogP contribution is -2.58. The van der Waals surface area contributed by atoms with Gasteiger partial charge in [-0.1, -0.05) is 0 Å². The Morgan fingerprint density at radius 2 is 2.21 bits per heavy atom. The molecule has 0 aromatic carbocycles. The van der Waals surface area contributed by atoms with E-state index in [4.69, 9.17) is 0 Å². The highest BCUT2D eigenvalue weighted by atomic mass is 16.2. The molecule has 2 fully saturated rings.